The molecule has 0 spiro atoms. The Labute approximate surface area is 87.8 Å². The SMILES string of the molecule is CCCS(=O)(=O)c1cccc([N+](=O)[O-])c1. The number of nitro benzene ring substituents is 1. The van der Waals surface area contributed by atoms with Gasteiger partial charge in [0.25, 0.3) is 5.69 Å². The second-order valence-corrected chi connectivity index (χ2v) is 5.18. The average molecular weight is 229 g/mol. The molecule has 0 aliphatic carbocycles. The maximum atomic E-state index is 11.6. The van der Waals surface area contributed by atoms with Crippen LogP contribution in [0.5, 0.6) is 0 Å². The topological polar surface area (TPSA) is 77.3 Å². The van der Waals surface area contributed by atoms with Gasteiger partial charge in [0.2, 0.25) is 0 Å². The van der Waals surface area contributed by atoms with Gasteiger partial charge < -0.3 is 0 Å². The molecular formula is C9H11NO4S. The van der Waals surface area contributed by atoms with Gasteiger partial charge in [-0.2, -0.15) is 0 Å². The number of hydrogen-bond donors (Lipinski definition) is 0. The molecule has 0 aromatic heterocycles. The van der Waals surface area contributed by atoms with Crippen LogP contribution < -0.4 is 0 Å². The Bertz CT molecular complexity index is 467. The molecule has 1 rings (SSSR count). The molecule has 0 atom stereocenters. The van der Waals surface area contributed by atoms with Crippen molar-refractivity contribution in [3.63, 3.8) is 0 Å². The molecule has 0 aliphatic rings. The molecule has 1 aromatic rings. The van der Waals surface area contributed by atoms with Gasteiger partial charge in [0.05, 0.1) is 15.6 Å². The number of benzene rings is 1. The van der Waals surface area contributed by atoms with E-state index >= 15 is 0 Å². The number of sulfone groups is 1. The monoisotopic (exact) mass is 229 g/mol. The predicted octanol–water partition coefficient (Wildman–Crippen LogP) is 1.78. The lowest BCUT2D eigenvalue weighted by atomic mass is 10.3. The van der Waals surface area contributed by atoms with Gasteiger partial charge >= 0.3 is 0 Å². The summed E-state index contributed by atoms with van der Waals surface area (Å²) in [5.74, 6) is 0.00810. The summed E-state index contributed by atoms with van der Waals surface area (Å²) < 4.78 is 23.2. The lowest BCUT2D eigenvalue weighted by Crippen LogP contribution is -2.06. The third kappa shape index (κ3) is 2.76. The third-order valence-corrected chi connectivity index (χ3v) is 3.78. The Hall–Kier alpha value is -1.43. The summed E-state index contributed by atoms with van der Waals surface area (Å²) in [4.78, 5) is 9.86. The van der Waals surface area contributed by atoms with Crippen LogP contribution in [0.25, 0.3) is 0 Å². The van der Waals surface area contributed by atoms with Crippen molar-refractivity contribution in [2.24, 2.45) is 0 Å². The minimum atomic E-state index is -3.37. The van der Waals surface area contributed by atoms with Crippen molar-refractivity contribution in [2.75, 3.05) is 5.75 Å². The fourth-order valence-corrected chi connectivity index (χ4v) is 2.54. The maximum Gasteiger partial charge on any atom is 0.270 e. The predicted molar refractivity (Wildman–Crippen MR) is 55.4 cm³/mol. The number of nitrogens with zero attached hydrogens (tertiary/aromatic N) is 1. The van der Waals surface area contributed by atoms with Crippen LogP contribution in [0.15, 0.2) is 29.2 Å². The van der Waals surface area contributed by atoms with Gasteiger partial charge in [-0.1, -0.05) is 13.0 Å². The first-order chi connectivity index (χ1) is 6.97. The van der Waals surface area contributed by atoms with Crippen molar-refractivity contribution < 1.29 is 13.3 Å². The van der Waals surface area contributed by atoms with Crippen molar-refractivity contribution in [1.29, 1.82) is 0 Å². The lowest BCUT2D eigenvalue weighted by Gasteiger charge is -2.01. The number of nitro groups is 1. The van der Waals surface area contributed by atoms with Gasteiger partial charge in [-0.05, 0) is 12.5 Å². The van der Waals surface area contributed by atoms with Crippen molar-refractivity contribution in [3.8, 4) is 0 Å². The molecule has 15 heavy (non-hydrogen) atoms. The quantitative estimate of drug-likeness (QED) is 0.582. The highest BCUT2D eigenvalue weighted by Gasteiger charge is 2.16. The van der Waals surface area contributed by atoms with Crippen LogP contribution in [0.4, 0.5) is 5.69 Å². The molecule has 0 unspecified atom stereocenters. The van der Waals surface area contributed by atoms with Crippen LogP contribution >= 0.6 is 0 Å². The van der Waals surface area contributed by atoms with Gasteiger partial charge in [0.1, 0.15) is 0 Å². The minimum absolute atomic E-state index is 0.00810. The van der Waals surface area contributed by atoms with Gasteiger partial charge in [-0.25, -0.2) is 8.42 Å². The zero-order chi connectivity index (χ0) is 11.5. The summed E-state index contributed by atoms with van der Waals surface area (Å²) in [6.45, 7) is 1.74. The normalized spacial score (nSPS) is 11.3. The molecule has 0 heterocycles. The van der Waals surface area contributed by atoms with Crippen LogP contribution in [0.3, 0.4) is 0 Å². The first kappa shape index (κ1) is 11.6. The van der Waals surface area contributed by atoms with E-state index in [4.69, 9.17) is 0 Å². The second kappa shape index (κ2) is 4.39. The smallest absolute Gasteiger partial charge is 0.258 e. The summed E-state index contributed by atoms with van der Waals surface area (Å²) in [5, 5.41) is 10.4. The lowest BCUT2D eigenvalue weighted by molar-refractivity contribution is -0.385. The first-order valence-electron chi connectivity index (χ1n) is 4.44. The zero-order valence-corrected chi connectivity index (χ0v) is 9.03. The fourth-order valence-electron chi connectivity index (χ4n) is 1.18. The molecular weight excluding hydrogens is 218 g/mol. The molecule has 0 radical (unpaired) electrons. The van der Waals surface area contributed by atoms with Crippen LogP contribution in [0.2, 0.25) is 0 Å². The van der Waals surface area contributed by atoms with E-state index in [1.807, 2.05) is 0 Å². The Kier molecular flexibility index (Phi) is 3.41. The Morgan fingerprint density at radius 2 is 2.07 bits per heavy atom. The molecule has 6 heteroatoms. The molecule has 0 saturated carbocycles. The first-order valence-corrected chi connectivity index (χ1v) is 6.10. The van der Waals surface area contributed by atoms with Crippen LogP contribution in [-0.4, -0.2) is 19.1 Å². The van der Waals surface area contributed by atoms with Crippen LogP contribution in [0, 0.1) is 10.1 Å². The maximum absolute atomic E-state index is 11.6. The highest BCUT2D eigenvalue weighted by molar-refractivity contribution is 7.91. The molecule has 0 amide bonds. The molecule has 1 aromatic carbocycles. The second-order valence-electron chi connectivity index (χ2n) is 3.07. The van der Waals surface area contributed by atoms with E-state index in [1.54, 1.807) is 6.92 Å². The standard InChI is InChI=1S/C9H11NO4S/c1-2-6-15(13,14)9-5-3-4-8(7-9)10(11)12/h3-5,7H,2,6H2,1H3. The highest BCUT2D eigenvalue weighted by atomic mass is 32.2. The van der Waals surface area contributed by atoms with E-state index in [0.717, 1.165) is 6.07 Å². The Morgan fingerprint density at radius 3 is 2.60 bits per heavy atom. The van der Waals surface area contributed by atoms with Crippen molar-refractivity contribution in [3.05, 3.63) is 34.4 Å². The van der Waals surface area contributed by atoms with Crippen molar-refractivity contribution in [1.82, 2.24) is 0 Å². The fraction of sp³-hybridized carbons (Fsp3) is 0.333. The van der Waals surface area contributed by atoms with Crippen molar-refractivity contribution >= 4 is 15.5 Å². The van der Waals surface area contributed by atoms with E-state index in [1.165, 1.54) is 18.2 Å². The third-order valence-electron chi connectivity index (χ3n) is 1.86. The van der Waals surface area contributed by atoms with Gasteiger partial charge in [-0.15, -0.1) is 0 Å². The van der Waals surface area contributed by atoms with E-state index in [0.29, 0.717) is 6.42 Å². The van der Waals surface area contributed by atoms with E-state index in [9.17, 15) is 18.5 Å². The summed E-state index contributed by atoms with van der Waals surface area (Å²) >= 11 is 0. The van der Waals surface area contributed by atoms with Gasteiger partial charge in [-0.3, -0.25) is 10.1 Å². The molecule has 0 bridgehead atoms. The summed E-state index contributed by atoms with van der Waals surface area (Å²) in [5.41, 5.74) is -0.202. The summed E-state index contributed by atoms with van der Waals surface area (Å²) in [6.07, 6.45) is 0.491. The number of hydrogen-bond acceptors (Lipinski definition) is 4. The number of rotatable bonds is 4. The summed E-state index contributed by atoms with van der Waals surface area (Å²) in [6, 6.07) is 5.11. The van der Waals surface area contributed by atoms with Crippen LogP contribution in [-0.2, 0) is 9.84 Å². The van der Waals surface area contributed by atoms with Crippen molar-refractivity contribution in [2.45, 2.75) is 18.2 Å². The Balaban J connectivity index is 3.16. The highest BCUT2D eigenvalue weighted by Crippen LogP contribution is 2.18. The van der Waals surface area contributed by atoms with Crippen LogP contribution in [0.1, 0.15) is 13.3 Å². The van der Waals surface area contributed by atoms with E-state index in [2.05, 4.69) is 0 Å². The molecule has 82 valence electrons. The average Bonchev–Trinajstić information content (AvgIpc) is 2.18. The largest absolute Gasteiger partial charge is 0.270 e. The number of non-ortho nitro benzene ring substituents is 1. The Morgan fingerprint density at radius 1 is 1.40 bits per heavy atom. The van der Waals surface area contributed by atoms with E-state index < -0.39 is 14.8 Å². The van der Waals surface area contributed by atoms with Gasteiger partial charge in [0, 0.05) is 12.1 Å². The minimum Gasteiger partial charge on any atom is -0.258 e. The summed E-state index contributed by atoms with van der Waals surface area (Å²) in [7, 11) is -3.37. The molecule has 0 saturated heterocycles. The zero-order valence-electron chi connectivity index (χ0n) is 8.21. The van der Waals surface area contributed by atoms with Gasteiger partial charge in [0.15, 0.2) is 9.84 Å². The molecule has 0 aliphatic heterocycles. The molecule has 0 fully saturated rings. The molecule has 5 nitrogen and oxygen atoms in total. The van der Waals surface area contributed by atoms with E-state index in [-0.39, 0.29) is 16.3 Å². The molecule has 0 N–H and O–H groups in total.